The van der Waals surface area contributed by atoms with Crippen LogP contribution in [0.15, 0.2) is 204 Å². The molecule has 4 aliphatic rings. The molecule has 0 saturated heterocycles. The maximum absolute atomic E-state index is 5.17. The SMILES string of the molecule is C1=CC(C2NC(c3ccccc3)=NC(c3ccc(-c4ccc(N5C6=C(CCC=C6)c6c(n(-c7ccccc7)c7ccccc67)-c6ccccc65)cc4)cc3)N2)=CCC1. The molecule has 2 aliphatic carbocycles. The first kappa shape index (κ1) is 34.3. The van der Waals surface area contributed by atoms with Crippen LogP contribution in [0, 0.1) is 0 Å². The van der Waals surface area contributed by atoms with Crippen LogP contribution in [0.25, 0.3) is 44.5 Å². The molecule has 280 valence electrons. The van der Waals surface area contributed by atoms with Crippen molar-refractivity contribution in [3.63, 3.8) is 0 Å². The molecule has 2 N–H and O–H groups in total. The molecular weight excluding hydrogens is 707 g/mol. The van der Waals surface area contributed by atoms with Gasteiger partial charge in [0.05, 0.1) is 16.9 Å². The van der Waals surface area contributed by atoms with Crippen LogP contribution in [0.4, 0.5) is 11.4 Å². The first-order chi connectivity index (χ1) is 28.8. The average molecular weight is 750 g/mol. The van der Waals surface area contributed by atoms with Gasteiger partial charge in [-0.2, -0.15) is 0 Å². The van der Waals surface area contributed by atoms with Crippen LogP contribution < -0.4 is 15.5 Å². The molecular formula is C53H43N5. The lowest BCUT2D eigenvalue weighted by Gasteiger charge is -2.33. The third kappa shape index (κ3) is 5.94. The highest BCUT2D eigenvalue weighted by molar-refractivity contribution is 6.08. The quantitative estimate of drug-likeness (QED) is 0.178. The number of anilines is 2. The highest BCUT2D eigenvalue weighted by Gasteiger charge is 2.33. The van der Waals surface area contributed by atoms with E-state index in [0.717, 1.165) is 48.3 Å². The van der Waals surface area contributed by atoms with Crippen molar-refractivity contribution in [2.45, 2.75) is 38.0 Å². The van der Waals surface area contributed by atoms with Crippen molar-refractivity contribution in [3.8, 4) is 28.1 Å². The van der Waals surface area contributed by atoms with Gasteiger partial charge >= 0.3 is 0 Å². The summed E-state index contributed by atoms with van der Waals surface area (Å²) >= 11 is 0. The monoisotopic (exact) mass is 749 g/mol. The fourth-order valence-electron chi connectivity index (χ4n) is 9.19. The van der Waals surface area contributed by atoms with E-state index in [4.69, 9.17) is 4.99 Å². The minimum Gasteiger partial charge on any atom is -0.350 e. The van der Waals surface area contributed by atoms with E-state index >= 15 is 0 Å². The molecule has 0 bridgehead atoms. The third-order valence-electron chi connectivity index (χ3n) is 11.9. The van der Waals surface area contributed by atoms with Crippen molar-refractivity contribution in [1.82, 2.24) is 15.2 Å². The van der Waals surface area contributed by atoms with Gasteiger partial charge in [0.2, 0.25) is 0 Å². The summed E-state index contributed by atoms with van der Waals surface area (Å²) in [5.74, 6) is 0.910. The van der Waals surface area contributed by atoms with E-state index in [2.05, 4.69) is 202 Å². The molecule has 2 unspecified atom stereocenters. The van der Waals surface area contributed by atoms with Gasteiger partial charge in [0, 0.05) is 39.1 Å². The van der Waals surface area contributed by atoms with Crippen molar-refractivity contribution >= 4 is 33.7 Å². The van der Waals surface area contributed by atoms with E-state index in [-0.39, 0.29) is 12.3 Å². The predicted octanol–water partition coefficient (Wildman–Crippen LogP) is 12.4. The van der Waals surface area contributed by atoms with E-state index in [0.29, 0.717) is 0 Å². The van der Waals surface area contributed by atoms with Crippen LogP contribution in [-0.2, 0) is 0 Å². The number of fused-ring (bicyclic) bond motifs is 6. The van der Waals surface area contributed by atoms with E-state index in [1.54, 1.807) is 0 Å². The lowest BCUT2D eigenvalue weighted by molar-refractivity contribution is 0.440. The van der Waals surface area contributed by atoms with Gasteiger partial charge in [-0.15, -0.1) is 0 Å². The minimum atomic E-state index is -0.178. The number of nitrogens with one attached hydrogen (secondary N) is 2. The molecule has 0 radical (unpaired) electrons. The number of aromatic nitrogens is 1. The van der Waals surface area contributed by atoms with Crippen LogP contribution in [0.1, 0.15) is 48.5 Å². The Kier molecular flexibility index (Phi) is 8.59. The largest absolute Gasteiger partial charge is 0.350 e. The number of benzene rings is 6. The fourth-order valence-corrected chi connectivity index (χ4v) is 9.19. The Morgan fingerprint density at radius 3 is 2.09 bits per heavy atom. The van der Waals surface area contributed by atoms with Gasteiger partial charge in [-0.3, -0.25) is 5.32 Å². The minimum absolute atomic E-state index is 0.0206. The van der Waals surface area contributed by atoms with Crippen molar-refractivity contribution in [1.29, 1.82) is 0 Å². The number of nitrogens with zero attached hydrogens (tertiary/aromatic N) is 3. The number of rotatable bonds is 6. The van der Waals surface area contributed by atoms with Gasteiger partial charge < -0.3 is 14.8 Å². The number of hydrogen-bond donors (Lipinski definition) is 2. The Balaban J connectivity index is 0.958. The Labute approximate surface area is 339 Å². The highest BCUT2D eigenvalue weighted by Crippen LogP contribution is 2.52. The molecule has 0 spiro atoms. The summed E-state index contributed by atoms with van der Waals surface area (Å²) in [6.45, 7) is 0. The van der Waals surface area contributed by atoms with Gasteiger partial charge in [0.25, 0.3) is 0 Å². The van der Waals surface area contributed by atoms with E-state index in [1.807, 2.05) is 6.07 Å². The lowest BCUT2D eigenvalue weighted by Crippen LogP contribution is -2.52. The number of aliphatic imine (C=N–C) groups is 1. The van der Waals surface area contributed by atoms with E-state index in [1.165, 1.54) is 67.1 Å². The van der Waals surface area contributed by atoms with Crippen molar-refractivity contribution < 1.29 is 0 Å². The lowest BCUT2D eigenvalue weighted by atomic mass is 9.92. The number of amidine groups is 1. The molecule has 2 atom stereocenters. The summed E-state index contributed by atoms with van der Waals surface area (Å²) < 4.78 is 2.47. The second-order valence-corrected chi connectivity index (χ2v) is 15.4. The van der Waals surface area contributed by atoms with Crippen molar-refractivity contribution in [2.24, 2.45) is 4.99 Å². The maximum atomic E-state index is 5.17. The molecule has 7 aromatic rings. The molecule has 5 heteroatoms. The normalized spacial score (nSPS) is 18.4. The van der Waals surface area contributed by atoms with Gasteiger partial charge in [-0.25, -0.2) is 4.99 Å². The second-order valence-electron chi connectivity index (χ2n) is 15.4. The van der Waals surface area contributed by atoms with Crippen LogP contribution in [0.5, 0.6) is 0 Å². The Bertz CT molecular complexity index is 2820. The Morgan fingerprint density at radius 1 is 0.586 bits per heavy atom. The number of allylic oxidation sites excluding steroid dienone is 5. The van der Waals surface area contributed by atoms with Crippen LogP contribution >= 0.6 is 0 Å². The number of hydrogen-bond acceptors (Lipinski definition) is 4. The summed E-state index contributed by atoms with van der Waals surface area (Å²) in [5.41, 5.74) is 17.0. The number of para-hydroxylation sites is 3. The summed E-state index contributed by atoms with van der Waals surface area (Å²) in [6, 6.07) is 57.1. The zero-order valence-corrected chi connectivity index (χ0v) is 32.2. The second kappa shape index (κ2) is 14.5. The van der Waals surface area contributed by atoms with Crippen LogP contribution in [0.3, 0.4) is 0 Å². The molecule has 0 fully saturated rings. The predicted molar refractivity (Wildman–Crippen MR) is 240 cm³/mol. The van der Waals surface area contributed by atoms with Crippen molar-refractivity contribution in [3.05, 3.63) is 216 Å². The molecule has 0 amide bonds. The Morgan fingerprint density at radius 2 is 1.29 bits per heavy atom. The van der Waals surface area contributed by atoms with Gasteiger partial charge in [0.1, 0.15) is 18.2 Å². The van der Waals surface area contributed by atoms with Gasteiger partial charge in [-0.05, 0) is 96.0 Å². The zero-order valence-electron chi connectivity index (χ0n) is 32.2. The third-order valence-corrected chi connectivity index (χ3v) is 11.9. The molecule has 5 nitrogen and oxygen atoms in total. The molecule has 3 heterocycles. The maximum Gasteiger partial charge on any atom is 0.131 e. The average Bonchev–Trinajstić information content (AvgIpc) is 3.59. The van der Waals surface area contributed by atoms with Crippen LogP contribution in [0.2, 0.25) is 0 Å². The molecule has 2 aliphatic heterocycles. The first-order valence-electron chi connectivity index (χ1n) is 20.5. The van der Waals surface area contributed by atoms with E-state index < -0.39 is 0 Å². The summed E-state index contributed by atoms with van der Waals surface area (Å²) in [7, 11) is 0. The summed E-state index contributed by atoms with van der Waals surface area (Å²) in [5, 5.41) is 8.73. The fraction of sp³-hybridized carbons (Fsp3) is 0.113. The van der Waals surface area contributed by atoms with E-state index in [9.17, 15) is 0 Å². The highest BCUT2D eigenvalue weighted by atomic mass is 15.3. The first-order valence-corrected chi connectivity index (χ1v) is 20.5. The molecule has 58 heavy (non-hydrogen) atoms. The zero-order chi connectivity index (χ0) is 38.4. The summed E-state index contributed by atoms with van der Waals surface area (Å²) in [6.07, 6.45) is 15.5. The molecule has 6 aromatic carbocycles. The van der Waals surface area contributed by atoms with Crippen molar-refractivity contribution in [2.75, 3.05) is 4.90 Å². The topological polar surface area (TPSA) is 44.6 Å². The van der Waals surface area contributed by atoms with Gasteiger partial charge in [0.15, 0.2) is 0 Å². The molecule has 11 rings (SSSR count). The van der Waals surface area contributed by atoms with Gasteiger partial charge in [-0.1, -0.05) is 146 Å². The standard InChI is InChI=1S/C53H43N5/c1-4-16-38(17-5-1)51-54-52(39-18-6-2-7-19-39)56-53(55-51)40-30-28-36(29-31-40)37-32-34-42(35-33-37)57-46-25-13-10-22-43(46)49-44-23-11-14-26-47(44)58(41-20-8-3-9-21-41)50(49)45-24-12-15-27-48(45)57/h1,3-6,8-9,11-21,23-35,52-53,56H,2,7,10,22H2,(H,54,55). The Hall–Kier alpha value is -6.95. The van der Waals surface area contributed by atoms with Crippen LogP contribution in [-0.4, -0.2) is 16.6 Å². The smallest absolute Gasteiger partial charge is 0.131 e. The summed E-state index contributed by atoms with van der Waals surface area (Å²) in [4.78, 5) is 7.65. The molecule has 1 aromatic heterocycles. The molecule has 0 saturated carbocycles.